The zero-order chi connectivity index (χ0) is 28.3. The quantitative estimate of drug-likeness (QED) is 0.469. The Bertz CT molecular complexity index is 1420. The number of fused-ring (bicyclic) bond motifs is 4. The van der Waals surface area contributed by atoms with Crippen molar-refractivity contribution in [3.05, 3.63) is 48.0 Å². The summed E-state index contributed by atoms with van der Waals surface area (Å²) in [6.45, 7) is 2.07. The first-order valence-electron chi connectivity index (χ1n) is 14.3. The van der Waals surface area contributed by atoms with Crippen LogP contribution in [0.1, 0.15) is 63.9 Å². The second-order valence-electron chi connectivity index (χ2n) is 10.6. The van der Waals surface area contributed by atoms with Gasteiger partial charge in [-0.1, -0.05) is 50.1 Å². The minimum absolute atomic E-state index is 0.0373. The highest BCUT2D eigenvalue weighted by molar-refractivity contribution is 8.15. The molecule has 2 N–H and O–H groups in total. The highest BCUT2D eigenvalue weighted by Gasteiger charge is 2.42. The van der Waals surface area contributed by atoms with Gasteiger partial charge in [-0.05, 0) is 49.9 Å². The molecular formula is C30H33N5O5S. The fraction of sp³-hybridized carbons (Fsp3) is 0.433. The highest BCUT2D eigenvalue weighted by atomic mass is 32.2. The molecule has 0 bridgehead atoms. The van der Waals surface area contributed by atoms with Crippen LogP contribution in [-0.2, 0) is 14.4 Å². The molecule has 11 heteroatoms. The summed E-state index contributed by atoms with van der Waals surface area (Å²) in [6.07, 6.45) is 6.59. The second-order valence-corrected chi connectivity index (χ2v) is 11.7. The normalized spacial score (nSPS) is 20.1. The number of anilines is 1. The fourth-order valence-corrected chi connectivity index (χ4v) is 6.55. The lowest BCUT2D eigenvalue weighted by molar-refractivity contribution is -0.125. The minimum Gasteiger partial charge on any atom is -0.454 e. The molecule has 6 rings (SSSR count). The number of carbonyl (C=O) groups excluding carboxylic acids is 3. The summed E-state index contributed by atoms with van der Waals surface area (Å²) in [5.41, 5.74) is 2.05. The van der Waals surface area contributed by atoms with Crippen LogP contribution in [0, 0.1) is 0 Å². The molecule has 41 heavy (non-hydrogen) atoms. The molecule has 0 radical (unpaired) electrons. The van der Waals surface area contributed by atoms with Crippen LogP contribution in [0.2, 0.25) is 0 Å². The van der Waals surface area contributed by atoms with Crippen molar-refractivity contribution in [2.75, 3.05) is 12.1 Å². The smallest absolute Gasteiger partial charge is 0.259 e. The SMILES string of the molecule is CCC(SC1=Nc2ccccc2C2=NC(CCC(=O)NC3CCCCC3)C(=O)N12)C(=O)Nc1ccc2c(c1)OCO2. The van der Waals surface area contributed by atoms with Crippen LogP contribution in [0.5, 0.6) is 11.5 Å². The first-order chi connectivity index (χ1) is 20.0. The molecule has 4 aliphatic rings. The molecular weight excluding hydrogens is 542 g/mol. The first kappa shape index (κ1) is 27.3. The molecule has 0 saturated heterocycles. The molecule has 0 spiro atoms. The summed E-state index contributed by atoms with van der Waals surface area (Å²) in [5, 5.41) is 5.97. The number of nitrogens with zero attached hydrogens (tertiary/aromatic N) is 3. The number of benzene rings is 2. The summed E-state index contributed by atoms with van der Waals surface area (Å²) >= 11 is 1.24. The predicted octanol–water partition coefficient (Wildman–Crippen LogP) is 4.75. The van der Waals surface area contributed by atoms with Crippen LogP contribution in [0.25, 0.3) is 0 Å². The van der Waals surface area contributed by atoms with Gasteiger partial charge in [-0.2, -0.15) is 0 Å². The van der Waals surface area contributed by atoms with E-state index in [0.717, 1.165) is 31.2 Å². The van der Waals surface area contributed by atoms with E-state index in [-0.39, 0.29) is 37.0 Å². The topological polar surface area (TPSA) is 122 Å². The van der Waals surface area contributed by atoms with Crippen LogP contribution in [0.15, 0.2) is 52.4 Å². The van der Waals surface area contributed by atoms with Gasteiger partial charge < -0.3 is 20.1 Å². The number of ether oxygens (including phenoxy) is 2. The molecule has 1 saturated carbocycles. The number of hydrogen-bond acceptors (Lipinski definition) is 8. The molecule has 3 heterocycles. The number of carbonyl (C=O) groups is 3. The molecule has 10 nitrogen and oxygen atoms in total. The molecule has 1 aliphatic carbocycles. The highest BCUT2D eigenvalue weighted by Crippen LogP contribution is 2.37. The van der Waals surface area contributed by atoms with Crippen LogP contribution in [-0.4, -0.2) is 57.8 Å². The van der Waals surface area contributed by atoms with Crippen molar-refractivity contribution in [3.63, 3.8) is 0 Å². The summed E-state index contributed by atoms with van der Waals surface area (Å²) in [4.78, 5) is 50.7. The Labute approximate surface area is 243 Å². The molecule has 0 aromatic heterocycles. The fourth-order valence-electron chi connectivity index (χ4n) is 5.53. The largest absolute Gasteiger partial charge is 0.454 e. The zero-order valence-electron chi connectivity index (χ0n) is 22.9. The Hall–Kier alpha value is -3.86. The number of rotatable bonds is 8. The van der Waals surface area contributed by atoms with Gasteiger partial charge in [0.2, 0.25) is 18.6 Å². The van der Waals surface area contributed by atoms with Gasteiger partial charge in [0.1, 0.15) is 11.9 Å². The molecule has 1 fully saturated rings. The molecule has 2 aromatic carbocycles. The van der Waals surface area contributed by atoms with E-state index in [0.29, 0.717) is 46.7 Å². The number of nitrogens with one attached hydrogen (secondary N) is 2. The maximum absolute atomic E-state index is 13.7. The predicted molar refractivity (Wildman–Crippen MR) is 158 cm³/mol. The van der Waals surface area contributed by atoms with E-state index in [1.54, 1.807) is 18.2 Å². The minimum atomic E-state index is -0.679. The van der Waals surface area contributed by atoms with Crippen LogP contribution < -0.4 is 20.1 Å². The average molecular weight is 576 g/mol. The molecule has 2 atom stereocenters. The number of amides is 3. The van der Waals surface area contributed by atoms with E-state index in [9.17, 15) is 14.4 Å². The summed E-state index contributed by atoms with van der Waals surface area (Å²) < 4.78 is 10.8. The monoisotopic (exact) mass is 575 g/mol. The maximum Gasteiger partial charge on any atom is 0.259 e. The van der Waals surface area contributed by atoms with Crippen LogP contribution >= 0.6 is 11.8 Å². The Morgan fingerprint density at radius 1 is 1.10 bits per heavy atom. The van der Waals surface area contributed by atoms with E-state index < -0.39 is 11.3 Å². The lowest BCUT2D eigenvalue weighted by Crippen LogP contribution is -2.43. The second kappa shape index (κ2) is 11.9. The van der Waals surface area contributed by atoms with E-state index in [1.807, 2.05) is 31.2 Å². The first-order valence-corrected chi connectivity index (χ1v) is 15.1. The number of aliphatic imine (C=N–C) groups is 2. The third-order valence-corrected chi connectivity index (χ3v) is 9.03. The number of para-hydroxylation sites is 1. The van der Waals surface area contributed by atoms with E-state index in [1.165, 1.54) is 23.1 Å². The molecule has 2 unspecified atom stereocenters. The van der Waals surface area contributed by atoms with Gasteiger partial charge in [-0.15, -0.1) is 0 Å². The van der Waals surface area contributed by atoms with Gasteiger partial charge in [-0.3, -0.25) is 19.4 Å². The number of thioether (sulfide) groups is 1. The zero-order valence-corrected chi connectivity index (χ0v) is 23.7. The third-order valence-electron chi connectivity index (χ3n) is 7.71. The lowest BCUT2D eigenvalue weighted by atomic mass is 9.95. The Balaban J connectivity index is 1.16. The number of amidine groups is 2. The maximum atomic E-state index is 13.7. The average Bonchev–Trinajstić information content (AvgIpc) is 3.59. The summed E-state index contributed by atoms with van der Waals surface area (Å²) in [7, 11) is 0. The Kier molecular flexibility index (Phi) is 7.95. The molecule has 214 valence electrons. The van der Waals surface area contributed by atoms with Crippen molar-refractivity contribution >= 4 is 51.9 Å². The van der Waals surface area contributed by atoms with Gasteiger partial charge in [0, 0.05) is 29.8 Å². The van der Waals surface area contributed by atoms with Gasteiger partial charge >= 0.3 is 0 Å². The van der Waals surface area contributed by atoms with Crippen molar-refractivity contribution in [1.82, 2.24) is 10.2 Å². The summed E-state index contributed by atoms with van der Waals surface area (Å²) in [5.74, 6) is 1.27. The lowest BCUT2D eigenvalue weighted by Gasteiger charge is -2.27. The third kappa shape index (κ3) is 5.81. The van der Waals surface area contributed by atoms with Crippen molar-refractivity contribution in [1.29, 1.82) is 0 Å². The van der Waals surface area contributed by atoms with E-state index in [2.05, 4.69) is 10.6 Å². The van der Waals surface area contributed by atoms with Gasteiger partial charge in [0.15, 0.2) is 16.7 Å². The van der Waals surface area contributed by atoms with E-state index in [4.69, 9.17) is 19.5 Å². The van der Waals surface area contributed by atoms with Crippen LogP contribution in [0.4, 0.5) is 11.4 Å². The standard InChI is InChI=1S/C30H33N5O5S/c1-2-25(28(37)32-19-12-14-23-24(16-19)40-17-39-23)41-30-34-21-11-7-6-10-20(21)27-33-22(29(38)35(27)30)13-15-26(36)31-18-8-4-3-5-9-18/h6-7,10-12,14,16,18,22,25H,2-5,8-9,13,15,17H2,1H3,(H,31,36)(H,32,37). The van der Waals surface area contributed by atoms with E-state index >= 15 is 0 Å². The van der Waals surface area contributed by atoms with Crippen molar-refractivity contribution < 1.29 is 23.9 Å². The van der Waals surface area contributed by atoms with Crippen LogP contribution in [0.3, 0.4) is 0 Å². The van der Waals surface area contributed by atoms with Gasteiger partial charge in [0.25, 0.3) is 5.91 Å². The van der Waals surface area contributed by atoms with Crippen molar-refractivity contribution in [3.8, 4) is 11.5 Å². The summed E-state index contributed by atoms with van der Waals surface area (Å²) in [6, 6.07) is 12.3. The Morgan fingerprint density at radius 2 is 1.90 bits per heavy atom. The number of hydrogen-bond donors (Lipinski definition) is 2. The van der Waals surface area contributed by atoms with Crippen molar-refractivity contribution in [2.24, 2.45) is 9.98 Å². The molecule has 3 amide bonds. The Morgan fingerprint density at radius 3 is 2.73 bits per heavy atom. The molecule has 3 aliphatic heterocycles. The molecule has 2 aromatic rings. The van der Waals surface area contributed by atoms with Gasteiger partial charge in [0.05, 0.1) is 10.9 Å². The van der Waals surface area contributed by atoms with Crippen molar-refractivity contribution in [2.45, 2.75) is 75.6 Å². The van der Waals surface area contributed by atoms with Gasteiger partial charge in [-0.25, -0.2) is 9.89 Å².